The maximum Gasteiger partial charge on any atom is 0.220 e. The molecule has 24 heavy (non-hydrogen) atoms. The van der Waals surface area contributed by atoms with Crippen molar-refractivity contribution in [3.05, 3.63) is 35.6 Å². The molecule has 1 atom stereocenters. The Balaban J connectivity index is 2.29. The number of carbonyl (C=O) groups excluding carboxylic acids is 2. The predicted octanol–water partition coefficient (Wildman–Crippen LogP) is 3.21. The molecule has 0 bridgehead atoms. The van der Waals surface area contributed by atoms with Gasteiger partial charge in [-0.2, -0.15) is 0 Å². The van der Waals surface area contributed by atoms with E-state index in [0.717, 1.165) is 6.42 Å². The van der Waals surface area contributed by atoms with Gasteiger partial charge >= 0.3 is 0 Å². The molecule has 134 valence electrons. The van der Waals surface area contributed by atoms with Gasteiger partial charge < -0.3 is 10.6 Å². The average Bonchev–Trinajstić information content (AvgIpc) is 2.52. The van der Waals surface area contributed by atoms with Gasteiger partial charge in [-0.15, -0.1) is 0 Å². The zero-order valence-electron chi connectivity index (χ0n) is 15.1. The minimum Gasteiger partial charge on any atom is -0.354 e. The van der Waals surface area contributed by atoms with E-state index in [4.69, 9.17) is 0 Å². The van der Waals surface area contributed by atoms with Crippen LogP contribution >= 0.6 is 0 Å². The van der Waals surface area contributed by atoms with Crippen molar-refractivity contribution in [1.29, 1.82) is 0 Å². The smallest absolute Gasteiger partial charge is 0.220 e. The van der Waals surface area contributed by atoms with Crippen LogP contribution in [0, 0.1) is 11.2 Å². The molecule has 0 aliphatic rings. The van der Waals surface area contributed by atoms with Crippen molar-refractivity contribution < 1.29 is 14.0 Å². The third-order valence-corrected chi connectivity index (χ3v) is 4.19. The number of hydrogen-bond acceptors (Lipinski definition) is 2. The average molecular weight is 336 g/mol. The molecule has 0 heterocycles. The van der Waals surface area contributed by atoms with E-state index in [1.807, 2.05) is 6.92 Å². The van der Waals surface area contributed by atoms with Gasteiger partial charge in [-0.3, -0.25) is 9.59 Å². The molecule has 2 amide bonds. The van der Waals surface area contributed by atoms with Gasteiger partial charge in [0.2, 0.25) is 11.8 Å². The van der Waals surface area contributed by atoms with Crippen LogP contribution < -0.4 is 10.6 Å². The van der Waals surface area contributed by atoms with Crippen LogP contribution in [-0.4, -0.2) is 24.4 Å². The Labute approximate surface area is 144 Å². The zero-order valence-corrected chi connectivity index (χ0v) is 15.1. The second kappa shape index (κ2) is 9.40. The van der Waals surface area contributed by atoms with E-state index in [9.17, 15) is 14.0 Å². The molecule has 0 unspecified atom stereocenters. The van der Waals surface area contributed by atoms with Crippen molar-refractivity contribution in [2.75, 3.05) is 6.54 Å². The normalized spacial score (nSPS) is 12.5. The minimum absolute atomic E-state index is 0.00527. The third-order valence-electron chi connectivity index (χ3n) is 4.19. The van der Waals surface area contributed by atoms with Gasteiger partial charge in [0.05, 0.1) is 0 Å². The van der Waals surface area contributed by atoms with E-state index in [1.54, 1.807) is 18.2 Å². The number of nitrogens with one attached hydrogen (secondary N) is 2. The molecule has 0 saturated carbocycles. The van der Waals surface area contributed by atoms with Crippen molar-refractivity contribution in [3.8, 4) is 0 Å². The maximum atomic E-state index is 13.5. The van der Waals surface area contributed by atoms with Gasteiger partial charge in [-0.1, -0.05) is 45.4 Å². The Bertz CT molecular complexity index is 558. The highest BCUT2D eigenvalue weighted by molar-refractivity contribution is 5.77. The highest BCUT2D eigenvalue weighted by Gasteiger charge is 2.20. The molecular formula is C19H29FN2O2. The monoisotopic (exact) mass is 336 g/mol. The number of carbonyl (C=O) groups is 2. The second-order valence-electron chi connectivity index (χ2n) is 7.06. The molecule has 0 aromatic heterocycles. The third kappa shape index (κ3) is 7.57. The summed E-state index contributed by atoms with van der Waals surface area (Å²) in [7, 11) is 0. The van der Waals surface area contributed by atoms with Crippen LogP contribution in [0.2, 0.25) is 0 Å². The van der Waals surface area contributed by atoms with E-state index in [1.165, 1.54) is 6.07 Å². The van der Waals surface area contributed by atoms with Crippen LogP contribution in [0.15, 0.2) is 24.3 Å². The van der Waals surface area contributed by atoms with Crippen molar-refractivity contribution >= 4 is 11.8 Å². The van der Waals surface area contributed by atoms with Crippen LogP contribution in [0.1, 0.15) is 52.5 Å². The number of halogens is 1. The van der Waals surface area contributed by atoms with Crippen LogP contribution in [0.3, 0.4) is 0 Å². The Morgan fingerprint density at radius 1 is 1.21 bits per heavy atom. The zero-order chi connectivity index (χ0) is 18.2. The summed E-state index contributed by atoms with van der Waals surface area (Å²) >= 11 is 0. The Hall–Kier alpha value is -1.91. The lowest BCUT2D eigenvalue weighted by Gasteiger charge is -2.22. The summed E-state index contributed by atoms with van der Waals surface area (Å²) in [5.74, 6) is -0.438. The van der Waals surface area contributed by atoms with Gasteiger partial charge in [0.1, 0.15) is 5.82 Å². The fraction of sp³-hybridized carbons (Fsp3) is 0.579. The Morgan fingerprint density at radius 2 is 1.88 bits per heavy atom. The van der Waals surface area contributed by atoms with Crippen LogP contribution in [0.25, 0.3) is 0 Å². The Morgan fingerprint density at radius 3 is 2.50 bits per heavy atom. The number of benzene rings is 1. The molecular weight excluding hydrogens is 307 g/mol. The summed E-state index contributed by atoms with van der Waals surface area (Å²) in [5, 5.41) is 5.67. The quantitative estimate of drug-likeness (QED) is 0.727. The summed E-state index contributed by atoms with van der Waals surface area (Å²) in [6.07, 6.45) is 1.99. The molecule has 5 heteroatoms. The first-order chi connectivity index (χ1) is 11.2. The summed E-state index contributed by atoms with van der Waals surface area (Å²) in [6, 6.07) is 6.30. The van der Waals surface area contributed by atoms with E-state index < -0.39 is 0 Å². The molecule has 0 saturated heterocycles. The first-order valence-electron chi connectivity index (χ1n) is 8.53. The van der Waals surface area contributed by atoms with Crippen molar-refractivity contribution in [1.82, 2.24) is 10.6 Å². The lowest BCUT2D eigenvalue weighted by Crippen LogP contribution is -2.42. The summed E-state index contributed by atoms with van der Waals surface area (Å²) in [4.78, 5) is 23.8. The number of aryl methyl sites for hydroxylation is 1. The van der Waals surface area contributed by atoms with Gasteiger partial charge in [0.25, 0.3) is 0 Å². The first kappa shape index (κ1) is 20.1. The second-order valence-corrected chi connectivity index (χ2v) is 7.06. The van der Waals surface area contributed by atoms with Crippen molar-refractivity contribution in [3.63, 3.8) is 0 Å². The maximum absolute atomic E-state index is 13.5. The largest absolute Gasteiger partial charge is 0.354 e. The highest BCUT2D eigenvalue weighted by Crippen LogP contribution is 2.23. The molecule has 1 aromatic rings. The standard InChI is InChI=1S/C19H29FN2O2/c1-5-19(3,4)12-18(24)21-13-14(2)22-17(23)11-10-15-8-6-7-9-16(15)20/h6-9,14H,5,10-13H2,1-4H3,(H,21,24)(H,22,23)/t14-/m1/s1. The van der Waals surface area contributed by atoms with Gasteiger partial charge in [-0.05, 0) is 30.4 Å². The molecule has 0 radical (unpaired) electrons. The van der Waals surface area contributed by atoms with Crippen LogP contribution in [-0.2, 0) is 16.0 Å². The molecule has 4 nitrogen and oxygen atoms in total. The van der Waals surface area contributed by atoms with E-state index in [2.05, 4.69) is 31.4 Å². The first-order valence-corrected chi connectivity index (χ1v) is 8.53. The van der Waals surface area contributed by atoms with Crippen LogP contribution in [0.5, 0.6) is 0 Å². The highest BCUT2D eigenvalue weighted by atomic mass is 19.1. The van der Waals surface area contributed by atoms with Gasteiger partial charge in [0.15, 0.2) is 0 Å². The van der Waals surface area contributed by atoms with Crippen molar-refractivity contribution in [2.45, 2.75) is 59.4 Å². The lowest BCUT2D eigenvalue weighted by molar-refractivity contribution is -0.124. The minimum atomic E-state index is -0.288. The van der Waals surface area contributed by atoms with Gasteiger partial charge in [0, 0.05) is 25.4 Å². The Kier molecular flexibility index (Phi) is 7.89. The number of amides is 2. The van der Waals surface area contributed by atoms with E-state index in [0.29, 0.717) is 24.9 Å². The lowest BCUT2D eigenvalue weighted by atomic mass is 9.86. The fourth-order valence-corrected chi connectivity index (χ4v) is 2.24. The molecule has 2 N–H and O–H groups in total. The van der Waals surface area contributed by atoms with Crippen molar-refractivity contribution in [2.24, 2.45) is 5.41 Å². The van der Waals surface area contributed by atoms with Crippen LogP contribution in [0.4, 0.5) is 4.39 Å². The predicted molar refractivity (Wildman–Crippen MR) is 94.0 cm³/mol. The molecule has 0 spiro atoms. The van der Waals surface area contributed by atoms with E-state index in [-0.39, 0.29) is 35.5 Å². The molecule has 0 aliphatic heterocycles. The fourth-order valence-electron chi connectivity index (χ4n) is 2.24. The number of rotatable bonds is 9. The summed E-state index contributed by atoms with van der Waals surface area (Å²) < 4.78 is 13.5. The molecule has 0 aliphatic carbocycles. The SMILES string of the molecule is CCC(C)(C)CC(=O)NC[C@@H](C)NC(=O)CCc1ccccc1F. The number of hydrogen-bond donors (Lipinski definition) is 2. The molecule has 1 aromatic carbocycles. The van der Waals surface area contributed by atoms with Gasteiger partial charge in [-0.25, -0.2) is 4.39 Å². The summed E-state index contributed by atoms with van der Waals surface area (Å²) in [6.45, 7) is 8.41. The topological polar surface area (TPSA) is 58.2 Å². The molecule has 0 fully saturated rings. The summed E-state index contributed by atoms with van der Waals surface area (Å²) in [5.41, 5.74) is 0.520. The molecule has 1 rings (SSSR count). The van der Waals surface area contributed by atoms with E-state index >= 15 is 0 Å².